The van der Waals surface area contributed by atoms with Gasteiger partial charge in [0.2, 0.25) is 0 Å². The first kappa shape index (κ1) is 17.4. The standard InChI is InChI=1S/C27H23N2/c1-20-17-18-23(22-11-5-3-6-12-22)19-27(20)29-21(2)28(24-13-7-4-8-14-24)25-15-9-10-16-26(25)29/h3-19H,1-2H3/q+1. The van der Waals surface area contributed by atoms with Crippen LogP contribution in [0.25, 0.3) is 33.5 Å². The summed E-state index contributed by atoms with van der Waals surface area (Å²) in [5, 5.41) is 0. The normalized spacial score (nSPS) is 11.1. The molecule has 0 N–H and O–H groups in total. The van der Waals surface area contributed by atoms with Gasteiger partial charge in [-0.05, 0) is 53.9 Å². The fourth-order valence-corrected chi connectivity index (χ4v) is 4.16. The van der Waals surface area contributed by atoms with Crippen molar-refractivity contribution in [2.75, 3.05) is 0 Å². The van der Waals surface area contributed by atoms with Crippen molar-refractivity contribution in [2.45, 2.75) is 13.8 Å². The van der Waals surface area contributed by atoms with E-state index in [1.165, 1.54) is 44.9 Å². The van der Waals surface area contributed by atoms with Crippen LogP contribution in [-0.4, -0.2) is 4.57 Å². The molecule has 0 fully saturated rings. The molecule has 0 saturated carbocycles. The minimum absolute atomic E-state index is 1.18. The van der Waals surface area contributed by atoms with E-state index in [9.17, 15) is 0 Å². The van der Waals surface area contributed by atoms with Gasteiger partial charge in [0.15, 0.2) is 11.0 Å². The van der Waals surface area contributed by atoms with Gasteiger partial charge in [-0.1, -0.05) is 72.8 Å². The summed E-state index contributed by atoms with van der Waals surface area (Å²) in [5.41, 5.74) is 8.54. The van der Waals surface area contributed by atoms with E-state index in [1.54, 1.807) is 0 Å². The monoisotopic (exact) mass is 375 g/mol. The van der Waals surface area contributed by atoms with Gasteiger partial charge in [0, 0.05) is 6.92 Å². The van der Waals surface area contributed by atoms with E-state index in [0.29, 0.717) is 0 Å². The molecule has 0 aliphatic heterocycles. The smallest absolute Gasteiger partial charge is 0.192 e. The number of fused-ring (bicyclic) bond motifs is 1. The van der Waals surface area contributed by atoms with Gasteiger partial charge in [0.05, 0.1) is 0 Å². The van der Waals surface area contributed by atoms with Crippen LogP contribution < -0.4 is 4.57 Å². The largest absolute Gasteiger partial charge is 0.264 e. The molecule has 0 saturated heterocycles. The third kappa shape index (κ3) is 2.94. The van der Waals surface area contributed by atoms with Gasteiger partial charge in [-0.2, -0.15) is 9.13 Å². The molecular formula is C27H23N2+. The zero-order valence-corrected chi connectivity index (χ0v) is 16.7. The molecule has 0 atom stereocenters. The van der Waals surface area contributed by atoms with E-state index in [0.717, 1.165) is 0 Å². The molecule has 5 aromatic rings. The molecular weight excluding hydrogens is 352 g/mol. The lowest BCUT2D eigenvalue weighted by Gasteiger charge is -2.08. The van der Waals surface area contributed by atoms with E-state index in [2.05, 4.69) is 126 Å². The van der Waals surface area contributed by atoms with Crippen LogP contribution in [-0.2, 0) is 0 Å². The summed E-state index contributed by atoms with van der Waals surface area (Å²) < 4.78 is 4.72. The molecule has 29 heavy (non-hydrogen) atoms. The molecule has 1 heterocycles. The summed E-state index contributed by atoms with van der Waals surface area (Å²) in [6, 6.07) is 36.5. The fourth-order valence-electron chi connectivity index (χ4n) is 4.16. The van der Waals surface area contributed by atoms with Crippen molar-refractivity contribution >= 4 is 11.0 Å². The zero-order chi connectivity index (χ0) is 19.8. The highest BCUT2D eigenvalue weighted by atomic mass is 15.2. The molecule has 5 rings (SSSR count). The Morgan fingerprint density at radius 2 is 1.28 bits per heavy atom. The van der Waals surface area contributed by atoms with Crippen LogP contribution in [0.15, 0.2) is 103 Å². The average molecular weight is 375 g/mol. The lowest BCUT2D eigenvalue weighted by Crippen LogP contribution is -2.34. The number of hydrogen-bond donors (Lipinski definition) is 0. The van der Waals surface area contributed by atoms with Gasteiger partial charge >= 0.3 is 0 Å². The number of nitrogens with zero attached hydrogens (tertiary/aromatic N) is 2. The number of rotatable bonds is 3. The summed E-state index contributed by atoms with van der Waals surface area (Å²) in [7, 11) is 0. The molecule has 0 spiro atoms. The zero-order valence-electron chi connectivity index (χ0n) is 16.7. The van der Waals surface area contributed by atoms with Gasteiger partial charge in [0.25, 0.3) is 5.82 Å². The van der Waals surface area contributed by atoms with Crippen molar-refractivity contribution in [2.24, 2.45) is 0 Å². The van der Waals surface area contributed by atoms with E-state index in [-0.39, 0.29) is 0 Å². The predicted molar refractivity (Wildman–Crippen MR) is 120 cm³/mol. The highest BCUT2D eigenvalue weighted by Crippen LogP contribution is 2.26. The molecule has 0 aliphatic rings. The Bertz CT molecular complexity index is 1300. The maximum atomic E-state index is 2.38. The Kier molecular flexibility index (Phi) is 4.25. The number of imidazole rings is 1. The third-order valence-electron chi connectivity index (χ3n) is 5.58. The van der Waals surface area contributed by atoms with Crippen molar-refractivity contribution in [3.63, 3.8) is 0 Å². The molecule has 0 radical (unpaired) electrons. The fraction of sp³-hybridized carbons (Fsp3) is 0.0741. The summed E-state index contributed by atoms with van der Waals surface area (Å²) >= 11 is 0. The SMILES string of the molecule is Cc1ccc(-c2ccccc2)cc1-[n+]1c(C)n(-c2ccccc2)c2ccccc21. The first-order valence-electron chi connectivity index (χ1n) is 9.98. The van der Waals surface area contributed by atoms with Crippen LogP contribution in [0.3, 0.4) is 0 Å². The van der Waals surface area contributed by atoms with Crippen molar-refractivity contribution in [1.82, 2.24) is 4.57 Å². The molecule has 0 amide bonds. The lowest BCUT2D eigenvalue weighted by atomic mass is 10.0. The van der Waals surface area contributed by atoms with E-state index in [1.807, 2.05) is 0 Å². The van der Waals surface area contributed by atoms with Crippen LogP contribution in [0.5, 0.6) is 0 Å². The molecule has 2 heteroatoms. The van der Waals surface area contributed by atoms with Crippen LogP contribution in [0.1, 0.15) is 11.4 Å². The molecule has 0 bridgehead atoms. The highest BCUT2D eigenvalue weighted by Gasteiger charge is 2.25. The summed E-state index contributed by atoms with van der Waals surface area (Å²) in [6.45, 7) is 4.38. The third-order valence-corrected chi connectivity index (χ3v) is 5.58. The van der Waals surface area contributed by atoms with E-state index >= 15 is 0 Å². The molecule has 1 aromatic heterocycles. The van der Waals surface area contributed by atoms with Crippen molar-refractivity contribution < 1.29 is 4.57 Å². The van der Waals surface area contributed by atoms with Crippen LogP contribution >= 0.6 is 0 Å². The Balaban J connectivity index is 1.80. The van der Waals surface area contributed by atoms with Crippen LogP contribution in [0, 0.1) is 13.8 Å². The van der Waals surface area contributed by atoms with Crippen molar-refractivity contribution in [3.05, 3.63) is 115 Å². The van der Waals surface area contributed by atoms with Gasteiger partial charge in [-0.3, -0.25) is 0 Å². The number of hydrogen-bond acceptors (Lipinski definition) is 0. The van der Waals surface area contributed by atoms with E-state index in [4.69, 9.17) is 0 Å². The molecule has 4 aromatic carbocycles. The predicted octanol–water partition coefficient (Wildman–Crippen LogP) is 6.19. The second-order valence-corrected chi connectivity index (χ2v) is 7.41. The molecule has 0 aliphatic carbocycles. The minimum Gasteiger partial charge on any atom is -0.192 e. The van der Waals surface area contributed by atoms with Crippen molar-refractivity contribution in [1.29, 1.82) is 0 Å². The quantitative estimate of drug-likeness (QED) is 0.332. The number of aryl methyl sites for hydroxylation is 1. The van der Waals surface area contributed by atoms with Crippen molar-refractivity contribution in [3.8, 4) is 22.5 Å². The van der Waals surface area contributed by atoms with Gasteiger partial charge in [-0.25, -0.2) is 0 Å². The number of benzene rings is 4. The second kappa shape index (κ2) is 7.06. The van der Waals surface area contributed by atoms with Crippen LogP contribution in [0.4, 0.5) is 0 Å². The summed E-state index contributed by atoms with van der Waals surface area (Å²) in [6.07, 6.45) is 0. The maximum absolute atomic E-state index is 2.38. The average Bonchev–Trinajstić information content (AvgIpc) is 3.07. The van der Waals surface area contributed by atoms with Gasteiger partial charge in [0.1, 0.15) is 11.4 Å². The Morgan fingerprint density at radius 1 is 0.621 bits per heavy atom. The van der Waals surface area contributed by atoms with E-state index < -0.39 is 0 Å². The maximum Gasteiger partial charge on any atom is 0.264 e. The molecule has 0 unspecified atom stereocenters. The van der Waals surface area contributed by atoms with Gasteiger partial charge < -0.3 is 0 Å². The Hall–Kier alpha value is -3.65. The summed E-state index contributed by atoms with van der Waals surface area (Å²) in [5.74, 6) is 1.19. The lowest BCUT2D eigenvalue weighted by molar-refractivity contribution is -0.575. The van der Waals surface area contributed by atoms with Gasteiger partial charge in [-0.15, -0.1) is 0 Å². The minimum atomic E-state index is 1.18. The highest BCUT2D eigenvalue weighted by molar-refractivity contribution is 5.76. The number of aromatic nitrogens is 2. The summed E-state index contributed by atoms with van der Waals surface area (Å²) in [4.78, 5) is 0. The second-order valence-electron chi connectivity index (χ2n) is 7.41. The Labute approximate surface area is 171 Å². The Morgan fingerprint density at radius 3 is 2.03 bits per heavy atom. The van der Waals surface area contributed by atoms with Crippen LogP contribution in [0.2, 0.25) is 0 Å². The topological polar surface area (TPSA) is 8.81 Å². The first-order valence-corrected chi connectivity index (χ1v) is 9.98. The number of para-hydroxylation sites is 3. The molecule has 2 nitrogen and oxygen atoms in total. The first-order chi connectivity index (χ1) is 14.2. The molecule has 140 valence electrons.